The zero-order valence-electron chi connectivity index (χ0n) is 24.3. The third kappa shape index (κ3) is 14.7. The van der Waals surface area contributed by atoms with E-state index in [1.165, 1.54) is 83.5 Å². The first kappa shape index (κ1) is 33.0. The summed E-state index contributed by atoms with van der Waals surface area (Å²) < 4.78 is 0. The average molecular weight is 559 g/mol. The molecule has 0 aliphatic heterocycles. The number of aromatic nitrogens is 3. The van der Waals surface area contributed by atoms with Crippen LogP contribution in [0.2, 0.25) is 5.02 Å². The van der Waals surface area contributed by atoms with Gasteiger partial charge in [-0.2, -0.15) is 5.10 Å². The largest absolute Gasteiger partial charge is 0.387 e. The summed E-state index contributed by atoms with van der Waals surface area (Å²) >= 11 is 5.94. The number of aliphatic hydroxyl groups excluding tert-OH is 1. The molecule has 0 radical (unpaired) electrons. The van der Waals surface area contributed by atoms with Crippen LogP contribution in [0, 0.1) is 0 Å². The van der Waals surface area contributed by atoms with Gasteiger partial charge in [0.2, 0.25) is 5.91 Å². The van der Waals surface area contributed by atoms with Crippen molar-refractivity contribution in [2.24, 2.45) is 0 Å². The van der Waals surface area contributed by atoms with Crippen molar-refractivity contribution in [1.29, 1.82) is 0 Å². The number of carbonyl (C=O) groups is 1. The molecule has 2 atom stereocenters. The quantitative estimate of drug-likeness (QED) is 0.126. The molecule has 1 amide bonds. The summed E-state index contributed by atoms with van der Waals surface area (Å²) in [6.45, 7) is 4.23. The second-order valence-electron chi connectivity index (χ2n) is 10.7. The Kier molecular flexibility index (Phi) is 17.5. The van der Waals surface area contributed by atoms with Gasteiger partial charge in [-0.05, 0) is 43.2 Å². The molecule has 0 fully saturated rings. The maximum atomic E-state index is 12.4. The summed E-state index contributed by atoms with van der Waals surface area (Å²) in [4.78, 5) is 16.9. The summed E-state index contributed by atoms with van der Waals surface area (Å²) in [6, 6.07) is 6.97. The van der Waals surface area contributed by atoms with Crippen molar-refractivity contribution in [1.82, 2.24) is 20.5 Å². The highest BCUT2D eigenvalue weighted by Crippen LogP contribution is 2.18. The van der Waals surface area contributed by atoms with Gasteiger partial charge in [0.1, 0.15) is 5.82 Å². The minimum Gasteiger partial charge on any atom is -0.387 e. The highest BCUT2D eigenvalue weighted by molar-refractivity contribution is 6.30. The van der Waals surface area contributed by atoms with E-state index in [1.807, 2.05) is 19.1 Å². The van der Waals surface area contributed by atoms with Gasteiger partial charge in [0.05, 0.1) is 12.1 Å². The molecule has 0 spiro atoms. The number of H-pyrrole nitrogens is 1. The van der Waals surface area contributed by atoms with Crippen molar-refractivity contribution in [2.45, 2.75) is 135 Å². The molecule has 0 bridgehead atoms. The molecule has 0 aliphatic rings. The van der Waals surface area contributed by atoms with E-state index >= 15 is 0 Å². The molecule has 0 unspecified atom stereocenters. The van der Waals surface area contributed by atoms with Crippen LogP contribution in [0.5, 0.6) is 0 Å². The fraction of sp³-hybridized carbons (Fsp3) is 0.656. The lowest BCUT2D eigenvalue weighted by Crippen LogP contribution is -2.42. The van der Waals surface area contributed by atoms with Gasteiger partial charge >= 0.3 is 0 Å². The van der Waals surface area contributed by atoms with Crippen LogP contribution in [0.25, 0.3) is 17.5 Å². The first-order valence-electron chi connectivity index (χ1n) is 15.4. The van der Waals surface area contributed by atoms with Crippen LogP contribution in [0.4, 0.5) is 0 Å². The van der Waals surface area contributed by atoms with E-state index in [4.69, 9.17) is 11.6 Å². The van der Waals surface area contributed by atoms with Crippen molar-refractivity contribution in [2.75, 3.05) is 0 Å². The number of carbonyl (C=O) groups excluding carboxylic acids is 1. The highest BCUT2D eigenvalue weighted by atomic mass is 35.5. The zero-order valence-corrected chi connectivity index (χ0v) is 25.0. The molecule has 7 heteroatoms. The molecule has 39 heavy (non-hydrogen) atoms. The summed E-state index contributed by atoms with van der Waals surface area (Å²) in [5, 5.41) is 21.3. The molecule has 2 rings (SSSR count). The fourth-order valence-corrected chi connectivity index (χ4v) is 4.89. The number of amides is 1. The normalized spacial score (nSPS) is 13.1. The zero-order chi connectivity index (χ0) is 28.1. The summed E-state index contributed by atoms with van der Waals surface area (Å²) in [5.41, 5.74) is 0.855. The van der Waals surface area contributed by atoms with E-state index < -0.39 is 6.10 Å². The Labute approximate surface area is 241 Å². The standard InChI is InChI=1S/C32H51ClN4O2/c1-3-5-6-7-8-9-10-11-12-13-14-15-16-17-18-19-31(39)34-28(4-2)29(38)24-25-30-35-32(37-36-30)26-20-22-27(33)23-21-26/h20-25,28-29,38H,3-19H2,1-2H3,(H,34,39)(H,35,36,37)/b25-24-/t28-,29+/m0/s1. The Bertz CT molecular complexity index is 929. The van der Waals surface area contributed by atoms with Gasteiger partial charge in [-0.3, -0.25) is 9.89 Å². The van der Waals surface area contributed by atoms with Gasteiger partial charge in [-0.25, -0.2) is 4.98 Å². The molecule has 218 valence electrons. The summed E-state index contributed by atoms with van der Waals surface area (Å²) in [6.07, 6.45) is 23.3. The van der Waals surface area contributed by atoms with E-state index in [9.17, 15) is 9.90 Å². The predicted octanol–water partition coefficient (Wildman–Crippen LogP) is 8.66. The van der Waals surface area contributed by atoms with E-state index in [0.29, 0.717) is 29.5 Å². The van der Waals surface area contributed by atoms with Crippen LogP contribution in [-0.2, 0) is 4.79 Å². The number of benzene rings is 1. The van der Waals surface area contributed by atoms with Crippen LogP contribution in [0.1, 0.15) is 129 Å². The van der Waals surface area contributed by atoms with Crippen molar-refractivity contribution >= 4 is 23.6 Å². The summed E-state index contributed by atoms with van der Waals surface area (Å²) in [5.74, 6) is 1.11. The molecule has 0 aliphatic carbocycles. The second kappa shape index (κ2) is 20.7. The molecule has 6 nitrogen and oxygen atoms in total. The molecular weight excluding hydrogens is 508 g/mol. The second-order valence-corrected chi connectivity index (χ2v) is 11.1. The number of unbranched alkanes of at least 4 members (excludes halogenated alkanes) is 14. The Morgan fingerprint density at radius 3 is 1.97 bits per heavy atom. The Morgan fingerprint density at radius 2 is 1.44 bits per heavy atom. The molecule has 0 saturated heterocycles. The number of rotatable bonds is 22. The van der Waals surface area contributed by atoms with Crippen LogP contribution in [0.15, 0.2) is 30.3 Å². The van der Waals surface area contributed by atoms with Crippen molar-refractivity contribution in [3.05, 3.63) is 41.2 Å². The number of aliphatic hydroxyl groups is 1. The molecule has 1 aromatic heterocycles. The number of halogens is 1. The smallest absolute Gasteiger partial charge is 0.220 e. The maximum absolute atomic E-state index is 12.4. The minimum atomic E-state index is -0.802. The fourth-order valence-electron chi connectivity index (χ4n) is 4.77. The van der Waals surface area contributed by atoms with Crippen molar-refractivity contribution < 1.29 is 9.90 Å². The van der Waals surface area contributed by atoms with E-state index in [-0.39, 0.29) is 11.9 Å². The minimum absolute atomic E-state index is 0.00804. The Hall–Kier alpha value is -2.18. The van der Waals surface area contributed by atoms with E-state index in [0.717, 1.165) is 18.4 Å². The lowest BCUT2D eigenvalue weighted by atomic mass is 10.0. The molecular formula is C32H51ClN4O2. The lowest BCUT2D eigenvalue weighted by Gasteiger charge is -2.20. The summed E-state index contributed by atoms with van der Waals surface area (Å²) in [7, 11) is 0. The topological polar surface area (TPSA) is 90.9 Å². The third-order valence-electron chi connectivity index (χ3n) is 7.26. The predicted molar refractivity (Wildman–Crippen MR) is 164 cm³/mol. The number of hydrogen-bond acceptors (Lipinski definition) is 4. The van der Waals surface area contributed by atoms with E-state index in [2.05, 4.69) is 27.4 Å². The van der Waals surface area contributed by atoms with Crippen LogP contribution < -0.4 is 5.32 Å². The molecule has 2 aromatic rings. The number of hydrogen-bond donors (Lipinski definition) is 3. The van der Waals surface area contributed by atoms with Gasteiger partial charge in [0, 0.05) is 17.0 Å². The molecule has 0 saturated carbocycles. The monoisotopic (exact) mass is 558 g/mol. The molecule has 1 heterocycles. The number of nitrogens with one attached hydrogen (secondary N) is 2. The third-order valence-corrected chi connectivity index (χ3v) is 7.51. The van der Waals surface area contributed by atoms with Crippen LogP contribution in [0.3, 0.4) is 0 Å². The molecule has 3 N–H and O–H groups in total. The maximum Gasteiger partial charge on any atom is 0.220 e. The number of aromatic amines is 1. The Balaban J connectivity index is 1.53. The van der Waals surface area contributed by atoms with Crippen LogP contribution in [-0.4, -0.2) is 38.3 Å². The van der Waals surface area contributed by atoms with Gasteiger partial charge in [-0.15, -0.1) is 0 Å². The van der Waals surface area contributed by atoms with Gasteiger partial charge in [0.25, 0.3) is 0 Å². The average Bonchev–Trinajstić information content (AvgIpc) is 3.42. The molecule has 1 aromatic carbocycles. The van der Waals surface area contributed by atoms with Gasteiger partial charge < -0.3 is 10.4 Å². The van der Waals surface area contributed by atoms with Crippen molar-refractivity contribution in [3.63, 3.8) is 0 Å². The SMILES string of the molecule is CCCCCCCCCCCCCCCCCC(=O)N[C@@H](CC)[C@H](O)/C=C\c1nc(-c2ccc(Cl)cc2)n[nH]1. The van der Waals surface area contributed by atoms with Gasteiger partial charge in [-0.1, -0.05) is 121 Å². The van der Waals surface area contributed by atoms with E-state index in [1.54, 1.807) is 24.3 Å². The Morgan fingerprint density at radius 1 is 0.897 bits per heavy atom. The lowest BCUT2D eigenvalue weighted by molar-refractivity contribution is -0.122. The number of nitrogens with zero attached hydrogens (tertiary/aromatic N) is 2. The highest BCUT2D eigenvalue weighted by Gasteiger charge is 2.17. The first-order valence-corrected chi connectivity index (χ1v) is 15.7. The first-order chi connectivity index (χ1) is 19.0. The van der Waals surface area contributed by atoms with Crippen LogP contribution >= 0.6 is 11.6 Å². The van der Waals surface area contributed by atoms with Crippen molar-refractivity contribution in [3.8, 4) is 11.4 Å². The van der Waals surface area contributed by atoms with Gasteiger partial charge in [0.15, 0.2) is 5.82 Å².